The minimum absolute atomic E-state index is 0.0330. The maximum atomic E-state index is 13.9. The van der Waals surface area contributed by atoms with Gasteiger partial charge in [0, 0.05) is 63.0 Å². The molecule has 0 aliphatic carbocycles. The lowest BCUT2D eigenvalue weighted by Crippen LogP contribution is -2.47. The van der Waals surface area contributed by atoms with Crippen molar-refractivity contribution in [3.05, 3.63) is 64.8 Å². The Kier molecular flexibility index (Phi) is 8.69. The Bertz CT molecular complexity index is 1470. The number of hydrogen-bond donors (Lipinski definition) is 0. The molecule has 0 radical (unpaired) electrons. The summed E-state index contributed by atoms with van der Waals surface area (Å²) in [6.45, 7) is 7.88. The number of anilines is 2. The average molecular weight is 621 g/mol. The highest BCUT2D eigenvalue weighted by molar-refractivity contribution is 6.31. The van der Waals surface area contributed by atoms with E-state index in [9.17, 15) is 22.4 Å². The number of hydrogen-bond acceptors (Lipinski definition) is 7. The lowest BCUT2D eigenvalue weighted by Gasteiger charge is -2.37. The van der Waals surface area contributed by atoms with Crippen molar-refractivity contribution in [3.63, 3.8) is 0 Å². The minimum atomic E-state index is -4.51. The van der Waals surface area contributed by atoms with Gasteiger partial charge in [-0.05, 0) is 63.9 Å². The number of halogens is 5. The number of nitrogens with zero attached hydrogens (tertiary/aromatic N) is 6. The van der Waals surface area contributed by atoms with E-state index in [-0.39, 0.29) is 22.9 Å². The van der Waals surface area contributed by atoms with Crippen LogP contribution in [0.4, 0.5) is 34.0 Å². The quantitative estimate of drug-likeness (QED) is 0.297. The van der Waals surface area contributed by atoms with Gasteiger partial charge in [-0.3, -0.25) is 0 Å². The molecule has 1 aromatic carbocycles. The van der Waals surface area contributed by atoms with Gasteiger partial charge in [-0.1, -0.05) is 11.6 Å². The number of aromatic nitrogens is 3. The lowest BCUT2D eigenvalue weighted by molar-refractivity contribution is -0.137. The molecule has 0 bridgehead atoms. The summed E-state index contributed by atoms with van der Waals surface area (Å²) in [4.78, 5) is 31.6. The van der Waals surface area contributed by atoms with Crippen molar-refractivity contribution >= 4 is 29.3 Å². The fourth-order valence-corrected chi connectivity index (χ4v) is 5.45. The molecule has 2 aromatic heterocycles. The maximum absolute atomic E-state index is 13.9. The van der Waals surface area contributed by atoms with Gasteiger partial charge in [0.05, 0.1) is 16.3 Å². The third-order valence-corrected chi connectivity index (χ3v) is 7.74. The van der Waals surface area contributed by atoms with Crippen LogP contribution in [0.15, 0.2) is 42.6 Å². The number of amides is 1. The molecule has 230 valence electrons. The predicted molar refractivity (Wildman–Crippen MR) is 156 cm³/mol. The first-order valence-electron chi connectivity index (χ1n) is 14.1. The molecule has 0 spiro atoms. The summed E-state index contributed by atoms with van der Waals surface area (Å²) >= 11 is 6.08. The fraction of sp³-hybridized carbons (Fsp3) is 0.467. The van der Waals surface area contributed by atoms with E-state index in [2.05, 4.69) is 4.98 Å². The molecule has 4 heterocycles. The van der Waals surface area contributed by atoms with Crippen LogP contribution in [0.3, 0.4) is 0 Å². The Morgan fingerprint density at radius 1 is 0.953 bits per heavy atom. The van der Waals surface area contributed by atoms with Crippen LogP contribution in [0.25, 0.3) is 11.3 Å². The standard InChI is InChI=1S/C30H33ClF4N6O2/c1-29(2,3)43-28(42)41-11-8-19(9-12-41)26-37-24(20-6-7-23(32)22(31)17-20)18-25(38-26)39-13-15-40(16-14-39)27-21(30(33,34)35)5-4-10-36-27/h4-7,10,17-19H,8-9,11-16H2,1-3H3. The number of rotatable bonds is 4. The summed E-state index contributed by atoms with van der Waals surface area (Å²) in [5, 5.41) is -0.0330. The molecule has 2 fully saturated rings. The largest absolute Gasteiger partial charge is 0.444 e. The zero-order chi connectivity index (χ0) is 30.9. The molecule has 2 aliphatic rings. The second kappa shape index (κ2) is 12.1. The topological polar surface area (TPSA) is 74.7 Å². The second-order valence-corrected chi connectivity index (χ2v) is 12.1. The van der Waals surface area contributed by atoms with Gasteiger partial charge in [-0.25, -0.2) is 24.1 Å². The van der Waals surface area contributed by atoms with Gasteiger partial charge in [0.2, 0.25) is 0 Å². The van der Waals surface area contributed by atoms with Crippen LogP contribution >= 0.6 is 11.6 Å². The van der Waals surface area contributed by atoms with Crippen LogP contribution in [-0.4, -0.2) is 70.8 Å². The second-order valence-electron chi connectivity index (χ2n) is 11.7. The van der Waals surface area contributed by atoms with E-state index in [4.69, 9.17) is 26.3 Å². The number of pyridine rings is 1. The Balaban J connectivity index is 1.38. The molecular weight excluding hydrogens is 588 g/mol. The first kappa shape index (κ1) is 30.8. The first-order chi connectivity index (χ1) is 20.3. The smallest absolute Gasteiger partial charge is 0.419 e. The highest BCUT2D eigenvalue weighted by atomic mass is 35.5. The lowest BCUT2D eigenvalue weighted by atomic mass is 9.96. The van der Waals surface area contributed by atoms with Crippen LogP contribution in [0.1, 0.15) is 50.9 Å². The van der Waals surface area contributed by atoms with Crippen molar-refractivity contribution in [2.45, 2.75) is 51.3 Å². The monoisotopic (exact) mass is 620 g/mol. The van der Waals surface area contributed by atoms with Crippen molar-refractivity contribution in [1.29, 1.82) is 0 Å². The van der Waals surface area contributed by atoms with Crippen molar-refractivity contribution in [1.82, 2.24) is 19.9 Å². The van der Waals surface area contributed by atoms with E-state index in [1.54, 1.807) is 21.9 Å². The molecule has 43 heavy (non-hydrogen) atoms. The van der Waals surface area contributed by atoms with Crippen LogP contribution in [0, 0.1) is 5.82 Å². The van der Waals surface area contributed by atoms with Crippen LogP contribution in [-0.2, 0) is 10.9 Å². The molecule has 1 amide bonds. The first-order valence-corrected chi connectivity index (χ1v) is 14.5. The molecule has 0 unspecified atom stereocenters. The number of piperazine rings is 1. The molecule has 0 saturated carbocycles. The SMILES string of the molecule is CC(C)(C)OC(=O)N1CCC(c2nc(-c3ccc(F)c(Cl)c3)cc(N3CCN(c4ncccc4C(F)(F)F)CC3)n2)CC1. The Morgan fingerprint density at radius 2 is 1.63 bits per heavy atom. The number of carbonyl (C=O) groups is 1. The number of carbonyl (C=O) groups excluding carboxylic acids is 1. The van der Waals surface area contributed by atoms with E-state index in [1.165, 1.54) is 24.4 Å². The van der Waals surface area contributed by atoms with Crippen molar-refractivity contribution in [2.24, 2.45) is 0 Å². The normalized spacial score (nSPS) is 16.9. The Hall–Kier alpha value is -3.67. The summed E-state index contributed by atoms with van der Waals surface area (Å²) in [7, 11) is 0. The summed E-state index contributed by atoms with van der Waals surface area (Å²) in [5.41, 5.74) is -0.181. The molecule has 3 aromatic rings. The molecule has 13 heteroatoms. The summed E-state index contributed by atoms with van der Waals surface area (Å²) in [5.74, 6) is 0.530. The van der Waals surface area contributed by atoms with Crippen molar-refractivity contribution in [2.75, 3.05) is 49.1 Å². The highest BCUT2D eigenvalue weighted by Crippen LogP contribution is 2.36. The minimum Gasteiger partial charge on any atom is -0.444 e. The van der Waals surface area contributed by atoms with Gasteiger partial charge in [-0.2, -0.15) is 13.2 Å². The average Bonchev–Trinajstić information content (AvgIpc) is 2.97. The zero-order valence-corrected chi connectivity index (χ0v) is 24.9. The van der Waals surface area contributed by atoms with E-state index in [1.807, 2.05) is 25.7 Å². The van der Waals surface area contributed by atoms with Crippen LogP contribution in [0.2, 0.25) is 5.02 Å². The number of benzene rings is 1. The highest BCUT2D eigenvalue weighted by Gasteiger charge is 2.36. The van der Waals surface area contributed by atoms with E-state index in [0.29, 0.717) is 75.0 Å². The molecule has 8 nitrogen and oxygen atoms in total. The molecular formula is C30H33ClF4N6O2. The van der Waals surface area contributed by atoms with E-state index < -0.39 is 23.2 Å². The Labute approximate surface area is 252 Å². The third kappa shape index (κ3) is 7.29. The molecule has 5 rings (SSSR count). The van der Waals surface area contributed by atoms with E-state index in [0.717, 1.165) is 6.07 Å². The fourth-order valence-electron chi connectivity index (χ4n) is 5.26. The maximum Gasteiger partial charge on any atom is 0.419 e. The number of ether oxygens (including phenoxy) is 1. The Morgan fingerprint density at radius 3 is 2.26 bits per heavy atom. The molecule has 2 saturated heterocycles. The van der Waals surface area contributed by atoms with Crippen LogP contribution in [0.5, 0.6) is 0 Å². The van der Waals surface area contributed by atoms with Crippen molar-refractivity contribution < 1.29 is 27.1 Å². The summed E-state index contributed by atoms with van der Waals surface area (Å²) in [6.07, 6.45) is -2.25. The van der Waals surface area contributed by atoms with Gasteiger partial charge < -0.3 is 19.4 Å². The van der Waals surface area contributed by atoms with Gasteiger partial charge in [-0.15, -0.1) is 0 Å². The molecule has 0 atom stereocenters. The molecule has 0 N–H and O–H groups in total. The molecule has 2 aliphatic heterocycles. The summed E-state index contributed by atoms with van der Waals surface area (Å²) < 4.78 is 60.3. The number of alkyl halides is 3. The van der Waals surface area contributed by atoms with Gasteiger partial charge >= 0.3 is 12.3 Å². The van der Waals surface area contributed by atoms with Gasteiger partial charge in [0.25, 0.3) is 0 Å². The number of likely N-dealkylation sites (tertiary alicyclic amines) is 1. The van der Waals surface area contributed by atoms with E-state index >= 15 is 0 Å². The number of piperidine rings is 1. The predicted octanol–water partition coefficient (Wildman–Crippen LogP) is 6.79. The van der Waals surface area contributed by atoms with Gasteiger partial charge in [0.1, 0.15) is 28.9 Å². The van der Waals surface area contributed by atoms with Gasteiger partial charge in [0.15, 0.2) is 0 Å². The summed E-state index contributed by atoms with van der Waals surface area (Å²) in [6, 6.07) is 8.50. The zero-order valence-electron chi connectivity index (χ0n) is 24.2. The third-order valence-electron chi connectivity index (χ3n) is 7.45. The van der Waals surface area contributed by atoms with Crippen LogP contribution < -0.4 is 9.80 Å². The van der Waals surface area contributed by atoms with Crippen molar-refractivity contribution in [3.8, 4) is 11.3 Å².